The van der Waals surface area contributed by atoms with E-state index in [-0.39, 0.29) is 0 Å². The first-order valence-electron chi connectivity index (χ1n) is 9.36. The summed E-state index contributed by atoms with van der Waals surface area (Å²) in [5.41, 5.74) is 2.26. The van der Waals surface area contributed by atoms with E-state index in [4.69, 9.17) is 4.74 Å². The van der Waals surface area contributed by atoms with Gasteiger partial charge in [-0.05, 0) is 48.4 Å². The number of hydrogen-bond donors (Lipinski definition) is 0. The van der Waals surface area contributed by atoms with Crippen LogP contribution in [0.4, 0.5) is 0 Å². The van der Waals surface area contributed by atoms with Gasteiger partial charge in [0.05, 0.1) is 6.61 Å². The van der Waals surface area contributed by atoms with E-state index in [9.17, 15) is 0 Å². The zero-order valence-corrected chi connectivity index (χ0v) is 18.4. The van der Waals surface area contributed by atoms with Crippen LogP contribution >= 0.6 is 27.7 Å². The van der Waals surface area contributed by atoms with Gasteiger partial charge in [0.15, 0.2) is 11.0 Å². The summed E-state index contributed by atoms with van der Waals surface area (Å²) in [7, 11) is 0. The van der Waals surface area contributed by atoms with Gasteiger partial charge in [0.2, 0.25) is 0 Å². The van der Waals surface area contributed by atoms with Crippen molar-refractivity contribution in [2.75, 3.05) is 6.61 Å². The number of benzene rings is 2. The third-order valence-corrected chi connectivity index (χ3v) is 5.70. The Bertz CT molecular complexity index is 908. The molecular weight excluding hydrogens is 434 g/mol. The topological polar surface area (TPSA) is 39.9 Å². The molecule has 1 heterocycles. The Hall–Kier alpha value is -2.05. The lowest BCUT2D eigenvalue weighted by molar-refractivity contribution is 0.309. The predicted octanol–water partition coefficient (Wildman–Crippen LogP) is 6.36. The van der Waals surface area contributed by atoms with Crippen molar-refractivity contribution in [1.29, 1.82) is 0 Å². The van der Waals surface area contributed by atoms with Gasteiger partial charge in [-0.25, -0.2) is 0 Å². The first kappa shape index (κ1) is 20.7. The SMILES string of the molecule is C=CCn1c(SCc2cccc(Br)c2)nnc1-c1ccc(OCCCC)cc1. The Morgan fingerprint density at radius 2 is 2.00 bits per heavy atom. The fraction of sp³-hybridized carbons (Fsp3) is 0.273. The Kier molecular flexibility index (Phi) is 7.74. The van der Waals surface area contributed by atoms with E-state index in [0.717, 1.165) is 52.0 Å². The summed E-state index contributed by atoms with van der Waals surface area (Å²) in [6.07, 6.45) is 4.06. The van der Waals surface area contributed by atoms with Crippen LogP contribution in [0.1, 0.15) is 25.3 Å². The Morgan fingerprint density at radius 3 is 2.71 bits per heavy atom. The number of rotatable bonds is 10. The fourth-order valence-corrected chi connectivity index (χ4v) is 4.05. The Morgan fingerprint density at radius 1 is 1.18 bits per heavy atom. The lowest BCUT2D eigenvalue weighted by Crippen LogP contribution is -2.01. The minimum atomic E-state index is 0.665. The maximum absolute atomic E-state index is 5.75. The number of ether oxygens (including phenoxy) is 1. The monoisotopic (exact) mass is 457 g/mol. The minimum absolute atomic E-state index is 0.665. The zero-order valence-electron chi connectivity index (χ0n) is 16.0. The second kappa shape index (κ2) is 10.5. The molecule has 0 aliphatic rings. The summed E-state index contributed by atoms with van der Waals surface area (Å²) in [6, 6.07) is 16.4. The fourth-order valence-electron chi connectivity index (χ4n) is 2.71. The van der Waals surface area contributed by atoms with Crippen molar-refractivity contribution in [3.63, 3.8) is 0 Å². The second-order valence-electron chi connectivity index (χ2n) is 6.35. The van der Waals surface area contributed by atoms with Crippen molar-refractivity contribution in [2.45, 2.75) is 37.2 Å². The summed E-state index contributed by atoms with van der Waals surface area (Å²) in [5.74, 6) is 2.56. The molecule has 0 N–H and O–H groups in total. The van der Waals surface area contributed by atoms with Crippen LogP contribution in [0.5, 0.6) is 5.75 Å². The van der Waals surface area contributed by atoms with Gasteiger partial charge in [-0.1, -0.05) is 59.2 Å². The van der Waals surface area contributed by atoms with Crippen LogP contribution in [0.25, 0.3) is 11.4 Å². The predicted molar refractivity (Wildman–Crippen MR) is 120 cm³/mol. The molecule has 0 radical (unpaired) electrons. The maximum atomic E-state index is 5.75. The second-order valence-corrected chi connectivity index (χ2v) is 8.21. The molecule has 2 aromatic carbocycles. The third-order valence-electron chi connectivity index (χ3n) is 4.16. The van der Waals surface area contributed by atoms with Crippen molar-refractivity contribution >= 4 is 27.7 Å². The van der Waals surface area contributed by atoms with Crippen LogP contribution in [0.15, 0.2) is 70.8 Å². The highest BCUT2D eigenvalue weighted by atomic mass is 79.9. The zero-order chi connectivity index (χ0) is 19.8. The number of nitrogens with zero attached hydrogens (tertiary/aromatic N) is 3. The van der Waals surface area contributed by atoms with Crippen molar-refractivity contribution in [3.8, 4) is 17.1 Å². The van der Waals surface area contributed by atoms with E-state index in [0.29, 0.717) is 6.54 Å². The molecule has 0 aliphatic heterocycles. The van der Waals surface area contributed by atoms with Crippen LogP contribution < -0.4 is 4.74 Å². The smallest absolute Gasteiger partial charge is 0.192 e. The molecule has 146 valence electrons. The molecule has 1 aromatic heterocycles. The molecule has 0 spiro atoms. The lowest BCUT2D eigenvalue weighted by atomic mass is 10.2. The van der Waals surface area contributed by atoms with Gasteiger partial charge in [0.1, 0.15) is 5.75 Å². The maximum Gasteiger partial charge on any atom is 0.192 e. The van der Waals surface area contributed by atoms with Crippen molar-refractivity contribution in [3.05, 3.63) is 71.2 Å². The molecule has 0 saturated carbocycles. The highest BCUT2D eigenvalue weighted by molar-refractivity contribution is 9.10. The van der Waals surface area contributed by atoms with E-state index < -0.39 is 0 Å². The number of hydrogen-bond acceptors (Lipinski definition) is 4. The number of aromatic nitrogens is 3. The lowest BCUT2D eigenvalue weighted by Gasteiger charge is -2.09. The van der Waals surface area contributed by atoms with Crippen LogP contribution in [-0.4, -0.2) is 21.4 Å². The first-order valence-corrected chi connectivity index (χ1v) is 11.1. The average Bonchev–Trinajstić information content (AvgIpc) is 3.10. The molecule has 0 amide bonds. The van der Waals surface area contributed by atoms with E-state index in [1.165, 1.54) is 5.56 Å². The molecule has 4 nitrogen and oxygen atoms in total. The van der Waals surface area contributed by atoms with E-state index in [2.05, 4.69) is 56.3 Å². The summed E-state index contributed by atoms with van der Waals surface area (Å²) >= 11 is 5.20. The standard InChI is InChI=1S/C22H24BrN3OS/c1-3-5-14-27-20-11-9-18(10-12-20)21-24-25-22(26(21)13-4-2)28-16-17-7-6-8-19(23)15-17/h4,6-12,15H,2-3,5,13-14,16H2,1H3. The first-order chi connectivity index (χ1) is 13.7. The molecule has 0 bridgehead atoms. The number of thioether (sulfide) groups is 1. The molecule has 0 atom stereocenters. The number of halogens is 1. The van der Waals surface area contributed by atoms with Gasteiger partial charge in [-0.2, -0.15) is 0 Å². The van der Waals surface area contributed by atoms with Crippen LogP contribution in [0, 0.1) is 0 Å². The molecular formula is C22H24BrN3OS. The molecule has 3 aromatic rings. The molecule has 0 fully saturated rings. The van der Waals surface area contributed by atoms with Gasteiger partial charge in [-0.3, -0.25) is 4.57 Å². The van der Waals surface area contributed by atoms with E-state index in [1.807, 2.05) is 42.5 Å². The number of unbranched alkanes of at least 4 members (excludes halogenated alkanes) is 1. The summed E-state index contributed by atoms with van der Waals surface area (Å²) in [5, 5.41) is 9.74. The highest BCUT2D eigenvalue weighted by Gasteiger charge is 2.14. The molecule has 0 aliphatic carbocycles. The van der Waals surface area contributed by atoms with Gasteiger partial charge < -0.3 is 4.74 Å². The molecule has 0 unspecified atom stereocenters. The van der Waals surface area contributed by atoms with Gasteiger partial charge in [0.25, 0.3) is 0 Å². The average molecular weight is 458 g/mol. The van der Waals surface area contributed by atoms with Gasteiger partial charge in [-0.15, -0.1) is 16.8 Å². The Labute approximate surface area is 179 Å². The molecule has 0 saturated heterocycles. The summed E-state index contributed by atoms with van der Waals surface area (Å²) in [6.45, 7) is 7.46. The van der Waals surface area contributed by atoms with Crippen molar-refractivity contribution < 1.29 is 4.74 Å². The van der Waals surface area contributed by atoms with Crippen molar-refractivity contribution in [2.24, 2.45) is 0 Å². The summed E-state index contributed by atoms with van der Waals surface area (Å²) < 4.78 is 8.93. The molecule has 6 heteroatoms. The quantitative estimate of drug-likeness (QED) is 0.201. The van der Waals surface area contributed by atoms with Gasteiger partial charge in [0, 0.05) is 22.3 Å². The summed E-state index contributed by atoms with van der Waals surface area (Å²) in [4.78, 5) is 0. The number of allylic oxidation sites excluding steroid dienone is 1. The van der Waals surface area contributed by atoms with Gasteiger partial charge >= 0.3 is 0 Å². The molecule has 3 rings (SSSR count). The minimum Gasteiger partial charge on any atom is -0.494 e. The third kappa shape index (κ3) is 5.49. The van der Waals surface area contributed by atoms with Crippen LogP contribution in [0.2, 0.25) is 0 Å². The normalized spacial score (nSPS) is 10.8. The van der Waals surface area contributed by atoms with Crippen molar-refractivity contribution in [1.82, 2.24) is 14.8 Å². The van der Waals surface area contributed by atoms with E-state index >= 15 is 0 Å². The molecule has 28 heavy (non-hydrogen) atoms. The van der Waals surface area contributed by atoms with E-state index in [1.54, 1.807) is 11.8 Å². The highest BCUT2D eigenvalue weighted by Crippen LogP contribution is 2.28. The van der Waals surface area contributed by atoms with Crippen LogP contribution in [0.3, 0.4) is 0 Å². The Balaban J connectivity index is 1.75. The largest absolute Gasteiger partial charge is 0.494 e. The van der Waals surface area contributed by atoms with Crippen LogP contribution in [-0.2, 0) is 12.3 Å².